The van der Waals surface area contributed by atoms with Crippen LogP contribution in [0.15, 0.2) is 30.3 Å². The van der Waals surface area contributed by atoms with Gasteiger partial charge in [-0.05, 0) is 0 Å². The van der Waals surface area contributed by atoms with Crippen LogP contribution in [-0.2, 0) is 4.74 Å². The van der Waals surface area contributed by atoms with Gasteiger partial charge >= 0.3 is 0 Å². The van der Waals surface area contributed by atoms with Crippen LogP contribution in [0.2, 0.25) is 0 Å². The summed E-state index contributed by atoms with van der Waals surface area (Å²) >= 11 is 0. The third-order valence-corrected chi connectivity index (χ3v) is 2.98. The first-order chi connectivity index (χ1) is 8.50. The molecule has 1 unspecified atom stereocenters. The SMILES string of the molecule is O=C(c1ccccc1)C1(O)O[C@@H](CO)[C@@H](O)[C@@H]1O. The summed E-state index contributed by atoms with van der Waals surface area (Å²) in [6, 6.07) is 7.79. The molecule has 2 rings (SSSR count). The topological polar surface area (TPSA) is 107 Å². The molecule has 0 spiro atoms. The molecule has 98 valence electrons. The van der Waals surface area contributed by atoms with E-state index >= 15 is 0 Å². The Morgan fingerprint density at radius 2 is 1.89 bits per heavy atom. The fraction of sp³-hybridized carbons (Fsp3) is 0.417. The minimum absolute atomic E-state index is 0.143. The zero-order chi connectivity index (χ0) is 13.3. The van der Waals surface area contributed by atoms with Gasteiger partial charge in [-0.25, -0.2) is 0 Å². The molecule has 18 heavy (non-hydrogen) atoms. The molecule has 1 aliphatic rings. The number of carbonyl (C=O) groups is 1. The van der Waals surface area contributed by atoms with Gasteiger partial charge in [0.2, 0.25) is 5.78 Å². The van der Waals surface area contributed by atoms with Crippen molar-refractivity contribution in [1.82, 2.24) is 0 Å². The number of aliphatic hydroxyl groups excluding tert-OH is 3. The highest BCUT2D eigenvalue weighted by Gasteiger charge is 2.57. The summed E-state index contributed by atoms with van der Waals surface area (Å²) < 4.78 is 4.89. The van der Waals surface area contributed by atoms with Crippen LogP contribution in [0.3, 0.4) is 0 Å². The Labute approximate surface area is 103 Å². The summed E-state index contributed by atoms with van der Waals surface area (Å²) in [6.07, 6.45) is -4.52. The fourth-order valence-corrected chi connectivity index (χ4v) is 1.93. The van der Waals surface area contributed by atoms with Crippen molar-refractivity contribution in [3.8, 4) is 0 Å². The molecule has 4 N–H and O–H groups in total. The van der Waals surface area contributed by atoms with Crippen molar-refractivity contribution in [3.05, 3.63) is 35.9 Å². The van der Waals surface area contributed by atoms with Gasteiger partial charge in [-0.3, -0.25) is 4.79 Å². The first-order valence-electron chi connectivity index (χ1n) is 5.47. The Balaban J connectivity index is 2.30. The molecule has 0 aromatic heterocycles. The van der Waals surface area contributed by atoms with Gasteiger partial charge in [0.05, 0.1) is 6.61 Å². The molecular formula is C12H14O6. The number of ketones is 1. The van der Waals surface area contributed by atoms with Crippen LogP contribution < -0.4 is 0 Å². The molecule has 1 aromatic carbocycles. The molecule has 6 heteroatoms. The van der Waals surface area contributed by atoms with Crippen LogP contribution in [0.25, 0.3) is 0 Å². The largest absolute Gasteiger partial charge is 0.394 e. The lowest BCUT2D eigenvalue weighted by Crippen LogP contribution is -2.49. The smallest absolute Gasteiger partial charge is 0.261 e. The Kier molecular flexibility index (Phi) is 3.47. The lowest BCUT2D eigenvalue weighted by molar-refractivity contribution is -0.193. The van der Waals surface area contributed by atoms with Crippen LogP contribution in [0.4, 0.5) is 0 Å². The molecule has 4 atom stereocenters. The predicted molar refractivity (Wildman–Crippen MR) is 59.7 cm³/mol. The lowest BCUT2D eigenvalue weighted by atomic mass is 9.97. The molecule has 0 aliphatic carbocycles. The van der Waals surface area contributed by atoms with E-state index < -0.39 is 36.5 Å². The molecule has 6 nitrogen and oxygen atoms in total. The van der Waals surface area contributed by atoms with Crippen molar-refractivity contribution in [2.75, 3.05) is 6.61 Å². The summed E-state index contributed by atoms with van der Waals surface area (Å²) in [5, 5.41) is 38.2. The second-order valence-corrected chi connectivity index (χ2v) is 4.17. The zero-order valence-corrected chi connectivity index (χ0v) is 9.43. The Morgan fingerprint density at radius 3 is 2.39 bits per heavy atom. The average molecular weight is 254 g/mol. The summed E-state index contributed by atoms with van der Waals surface area (Å²) in [5.41, 5.74) is 0.143. The Morgan fingerprint density at radius 1 is 1.28 bits per heavy atom. The van der Waals surface area contributed by atoms with E-state index in [1.54, 1.807) is 18.2 Å². The molecule has 0 saturated carbocycles. The van der Waals surface area contributed by atoms with Crippen molar-refractivity contribution in [2.24, 2.45) is 0 Å². The zero-order valence-electron chi connectivity index (χ0n) is 9.43. The number of hydrogen-bond acceptors (Lipinski definition) is 6. The number of rotatable bonds is 3. The van der Waals surface area contributed by atoms with E-state index in [4.69, 9.17) is 9.84 Å². The number of aliphatic hydroxyl groups is 4. The molecule has 0 bridgehead atoms. The van der Waals surface area contributed by atoms with Gasteiger partial charge in [-0.2, -0.15) is 0 Å². The second kappa shape index (κ2) is 4.75. The summed E-state index contributed by atoms with van der Waals surface area (Å²) in [4.78, 5) is 12.1. The van der Waals surface area contributed by atoms with Gasteiger partial charge in [0.15, 0.2) is 0 Å². The summed E-state index contributed by atoms with van der Waals surface area (Å²) in [6.45, 7) is -0.609. The number of Topliss-reactive ketones (excluding diaryl/α,β-unsaturated/α-hetero) is 1. The van der Waals surface area contributed by atoms with Crippen molar-refractivity contribution < 1.29 is 30.0 Å². The van der Waals surface area contributed by atoms with Crippen molar-refractivity contribution in [3.63, 3.8) is 0 Å². The lowest BCUT2D eigenvalue weighted by Gasteiger charge is -2.24. The molecule has 1 heterocycles. The Hall–Kier alpha value is -1.31. The van der Waals surface area contributed by atoms with Gasteiger partial charge < -0.3 is 25.2 Å². The highest BCUT2D eigenvalue weighted by Crippen LogP contribution is 2.32. The molecule has 0 radical (unpaired) electrons. The van der Waals surface area contributed by atoms with E-state index in [2.05, 4.69) is 0 Å². The molecule has 1 saturated heterocycles. The van der Waals surface area contributed by atoms with Gasteiger partial charge in [0.25, 0.3) is 5.79 Å². The fourth-order valence-electron chi connectivity index (χ4n) is 1.93. The van der Waals surface area contributed by atoms with E-state index in [1.165, 1.54) is 12.1 Å². The quantitative estimate of drug-likeness (QED) is 0.498. The standard InChI is InChI=1S/C12H14O6/c13-6-8-9(14)11(16)12(17,18-8)10(15)7-4-2-1-3-5-7/h1-5,8-9,11,13-14,16-17H,6H2/t8-,9+,11-,12?/m0/s1. The second-order valence-electron chi connectivity index (χ2n) is 4.17. The molecule has 1 aromatic rings. The van der Waals surface area contributed by atoms with Crippen LogP contribution in [0, 0.1) is 0 Å². The monoisotopic (exact) mass is 254 g/mol. The summed E-state index contributed by atoms with van der Waals surface area (Å²) in [7, 11) is 0. The van der Waals surface area contributed by atoms with Crippen LogP contribution >= 0.6 is 0 Å². The van der Waals surface area contributed by atoms with Crippen molar-refractivity contribution in [1.29, 1.82) is 0 Å². The average Bonchev–Trinajstić information content (AvgIpc) is 2.64. The predicted octanol–water partition coefficient (Wildman–Crippen LogP) is -1.33. The van der Waals surface area contributed by atoms with Crippen molar-refractivity contribution >= 4 is 5.78 Å². The maximum absolute atomic E-state index is 12.1. The first-order valence-corrected chi connectivity index (χ1v) is 5.47. The van der Waals surface area contributed by atoms with E-state index in [1.807, 2.05) is 0 Å². The third kappa shape index (κ3) is 1.94. The van der Waals surface area contributed by atoms with E-state index in [-0.39, 0.29) is 5.56 Å². The minimum Gasteiger partial charge on any atom is -0.394 e. The van der Waals surface area contributed by atoms with Crippen LogP contribution in [0.5, 0.6) is 0 Å². The molecule has 1 aliphatic heterocycles. The number of ether oxygens (including phenoxy) is 1. The Bertz CT molecular complexity index is 433. The highest BCUT2D eigenvalue weighted by molar-refractivity contribution is 6.02. The van der Waals surface area contributed by atoms with E-state index in [0.717, 1.165) is 0 Å². The molecular weight excluding hydrogens is 240 g/mol. The van der Waals surface area contributed by atoms with Crippen molar-refractivity contribution in [2.45, 2.75) is 24.1 Å². The van der Waals surface area contributed by atoms with Crippen LogP contribution in [-0.4, -0.2) is 56.9 Å². The molecule has 1 fully saturated rings. The third-order valence-electron chi connectivity index (χ3n) is 2.98. The minimum atomic E-state index is -2.53. The van der Waals surface area contributed by atoms with E-state index in [9.17, 15) is 20.1 Å². The van der Waals surface area contributed by atoms with Gasteiger partial charge in [-0.15, -0.1) is 0 Å². The first kappa shape index (κ1) is 13.1. The number of benzene rings is 1. The number of carbonyl (C=O) groups excluding carboxylic acids is 1. The van der Waals surface area contributed by atoms with E-state index in [0.29, 0.717) is 0 Å². The maximum atomic E-state index is 12.1. The maximum Gasteiger partial charge on any atom is 0.261 e. The summed E-state index contributed by atoms with van der Waals surface area (Å²) in [5.74, 6) is -3.39. The van der Waals surface area contributed by atoms with Gasteiger partial charge in [0.1, 0.15) is 18.3 Å². The highest BCUT2D eigenvalue weighted by atomic mass is 16.7. The normalized spacial score (nSPS) is 35.7. The molecule has 0 amide bonds. The van der Waals surface area contributed by atoms with Gasteiger partial charge in [-0.1, -0.05) is 30.3 Å². The van der Waals surface area contributed by atoms with Crippen LogP contribution in [0.1, 0.15) is 10.4 Å². The number of hydrogen-bond donors (Lipinski definition) is 4. The van der Waals surface area contributed by atoms with Gasteiger partial charge in [0, 0.05) is 5.56 Å².